The minimum absolute atomic E-state index is 0.102. The molecule has 27 heavy (non-hydrogen) atoms. The zero-order valence-electron chi connectivity index (χ0n) is 15.3. The summed E-state index contributed by atoms with van der Waals surface area (Å²) >= 11 is 0. The largest absolute Gasteiger partial charge is 0.350 e. The van der Waals surface area contributed by atoms with Crippen molar-refractivity contribution in [3.63, 3.8) is 0 Å². The van der Waals surface area contributed by atoms with Crippen molar-refractivity contribution in [2.24, 2.45) is 5.92 Å². The Morgan fingerprint density at radius 3 is 2.52 bits per heavy atom. The van der Waals surface area contributed by atoms with Gasteiger partial charge in [-0.1, -0.05) is 18.2 Å². The third-order valence-corrected chi connectivity index (χ3v) is 5.13. The molecule has 0 unspecified atom stereocenters. The number of para-hydroxylation sites is 1. The fourth-order valence-electron chi connectivity index (χ4n) is 3.40. The van der Waals surface area contributed by atoms with Gasteiger partial charge in [-0.2, -0.15) is 5.10 Å². The van der Waals surface area contributed by atoms with Gasteiger partial charge in [-0.05, 0) is 43.9 Å². The van der Waals surface area contributed by atoms with Crippen LogP contribution < -0.4 is 5.32 Å². The van der Waals surface area contributed by atoms with Crippen LogP contribution in [-0.2, 0) is 9.59 Å². The molecule has 2 heterocycles. The number of likely N-dealkylation sites (tertiary alicyclic amines) is 1. The van der Waals surface area contributed by atoms with E-state index in [1.54, 1.807) is 23.0 Å². The Kier molecular flexibility index (Phi) is 5.05. The number of nitrogens with zero attached hydrogens (tertiary/aromatic N) is 3. The molecule has 140 valence electrons. The maximum Gasteiger partial charge on any atom is 0.244 e. The summed E-state index contributed by atoms with van der Waals surface area (Å²) in [6.07, 6.45) is 10.7. The summed E-state index contributed by atoms with van der Waals surface area (Å²) in [6.45, 7) is 1.49. The average Bonchev–Trinajstić information content (AvgIpc) is 3.45. The van der Waals surface area contributed by atoms with E-state index in [2.05, 4.69) is 10.4 Å². The van der Waals surface area contributed by atoms with Gasteiger partial charge in [0.15, 0.2) is 0 Å². The molecule has 1 saturated carbocycles. The van der Waals surface area contributed by atoms with E-state index in [1.807, 2.05) is 41.4 Å². The molecule has 1 aromatic carbocycles. The second kappa shape index (κ2) is 7.78. The number of hydrogen-bond acceptors (Lipinski definition) is 3. The van der Waals surface area contributed by atoms with E-state index in [4.69, 9.17) is 0 Å². The van der Waals surface area contributed by atoms with Gasteiger partial charge in [-0.25, -0.2) is 4.68 Å². The number of hydrogen-bond donors (Lipinski definition) is 1. The quantitative estimate of drug-likeness (QED) is 0.829. The van der Waals surface area contributed by atoms with Crippen molar-refractivity contribution in [3.05, 3.63) is 54.4 Å². The van der Waals surface area contributed by atoms with Crippen LogP contribution in [-0.4, -0.2) is 45.6 Å². The highest BCUT2D eigenvalue weighted by atomic mass is 16.2. The maximum atomic E-state index is 12.2. The SMILES string of the molecule is O=C(/C=C/c1cnn(-c2ccccc2)c1)NC1CCN(C(=O)C2CC2)CC1. The average molecular weight is 364 g/mol. The number of benzene rings is 1. The van der Waals surface area contributed by atoms with Crippen molar-refractivity contribution in [1.82, 2.24) is 20.0 Å². The molecule has 1 aliphatic carbocycles. The van der Waals surface area contributed by atoms with E-state index in [1.165, 1.54) is 0 Å². The first kappa shape index (κ1) is 17.5. The van der Waals surface area contributed by atoms with E-state index in [-0.39, 0.29) is 17.9 Å². The number of amides is 2. The first-order valence-corrected chi connectivity index (χ1v) is 9.56. The van der Waals surface area contributed by atoms with Gasteiger partial charge in [0.1, 0.15) is 0 Å². The van der Waals surface area contributed by atoms with Crippen LogP contribution >= 0.6 is 0 Å². The molecule has 0 spiro atoms. The van der Waals surface area contributed by atoms with Crippen molar-refractivity contribution in [2.45, 2.75) is 31.7 Å². The van der Waals surface area contributed by atoms with Gasteiger partial charge in [-0.3, -0.25) is 9.59 Å². The molecule has 1 aromatic heterocycles. The van der Waals surface area contributed by atoms with E-state index >= 15 is 0 Å². The molecule has 2 aromatic rings. The first-order chi connectivity index (χ1) is 13.2. The molecular formula is C21H24N4O2. The summed E-state index contributed by atoms with van der Waals surface area (Å²) in [5.41, 5.74) is 1.85. The lowest BCUT2D eigenvalue weighted by atomic mass is 10.0. The molecule has 1 saturated heterocycles. The molecule has 2 aliphatic rings. The van der Waals surface area contributed by atoms with Gasteiger partial charge in [0.25, 0.3) is 0 Å². The predicted octanol–water partition coefficient (Wildman–Crippen LogP) is 2.40. The Labute approximate surface area is 158 Å². The normalized spacial score (nSPS) is 18.0. The van der Waals surface area contributed by atoms with Crippen LogP contribution in [0.2, 0.25) is 0 Å². The van der Waals surface area contributed by atoms with Crippen molar-refractivity contribution < 1.29 is 9.59 Å². The number of carbonyl (C=O) groups excluding carboxylic acids is 2. The molecule has 0 bridgehead atoms. The fraction of sp³-hybridized carbons (Fsp3) is 0.381. The monoisotopic (exact) mass is 364 g/mol. The van der Waals surface area contributed by atoms with Crippen molar-refractivity contribution >= 4 is 17.9 Å². The summed E-state index contributed by atoms with van der Waals surface area (Å²) in [5, 5.41) is 7.36. The number of rotatable bonds is 5. The van der Waals surface area contributed by atoms with E-state index < -0.39 is 0 Å². The molecule has 4 rings (SSSR count). The molecule has 0 atom stereocenters. The second-order valence-corrected chi connectivity index (χ2v) is 7.27. The zero-order valence-corrected chi connectivity index (χ0v) is 15.3. The highest BCUT2D eigenvalue weighted by Gasteiger charge is 2.34. The van der Waals surface area contributed by atoms with E-state index in [9.17, 15) is 9.59 Å². The molecule has 0 radical (unpaired) electrons. The Balaban J connectivity index is 1.26. The standard InChI is InChI=1S/C21H24N4O2/c26-20(23-18-10-12-24(13-11-18)21(27)17-7-8-17)9-6-16-14-22-25(15-16)19-4-2-1-3-5-19/h1-6,9,14-15,17-18H,7-8,10-13H2,(H,23,26)/b9-6+. The van der Waals surface area contributed by atoms with Crippen LogP contribution in [0.5, 0.6) is 0 Å². The molecule has 6 heteroatoms. The Hall–Kier alpha value is -2.89. The molecule has 1 aliphatic heterocycles. The van der Waals surface area contributed by atoms with Crippen LogP contribution in [0.1, 0.15) is 31.2 Å². The highest BCUT2D eigenvalue weighted by Crippen LogP contribution is 2.31. The van der Waals surface area contributed by atoms with Gasteiger partial charge in [0.05, 0.1) is 11.9 Å². The van der Waals surface area contributed by atoms with Crippen LogP contribution in [0, 0.1) is 5.92 Å². The summed E-state index contributed by atoms with van der Waals surface area (Å²) in [6, 6.07) is 9.98. The Morgan fingerprint density at radius 2 is 1.81 bits per heavy atom. The predicted molar refractivity (Wildman–Crippen MR) is 103 cm³/mol. The lowest BCUT2D eigenvalue weighted by Crippen LogP contribution is -2.46. The third kappa shape index (κ3) is 4.45. The van der Waals surface area contributed by atoms with E-state index in [0.29, 0.717) is 5.91 Å². The van der Waals surface area contributed by atoms with Crippen LogP contribution in [0.4, 0.5) is 0 Å². The maximum absolute atomic E-state index is 12.2. The molecule has 1 N–H and O–H groups in total. The van der Waals surface area contributed by atoms with E-state index in [0.717, 1.165) is 50.0 Å². The second-order valence-electron chi connectivity index (χ2n) is 7.27. The smallest absolute Gasteiger partial charge is 0.244 e. The lowest BCUT2D eigenvalue weighted by Gasteiger charge is -2.32. The van der Waals surface area contributed by atoms with Crippen molar-refractivity contribution in [2.75, 3.05) is 13.1 Å². The summed E-state index contributed by atoms with van der Waals surface area (Å²) in [4.78, 5) is 26.2. The summed E-state index contributed by atoms with van der Waals surface area (Å²) < 4.78 is 1.78. The minimum Gasteiger partial charge on any atom is -0.350 e. The topological polar surface area (TPSA) is 67.2 Å². The third-order valence-electron chi connectivity index (χ3n) is 5.13. The van der Waals surface area contributed by atoms with Crippen LogP contribution in [0.3, 0.4) is 0 Å². The summed E-state index contributed by atoms with van der Waals surface area (Å²) in [5.74, 6) is 0.473. The highest BCUT2D eigenvalue weighted by molar-refractivity contribution is 5.91. The molecule has 2 fully saturated rings. The minimum atomic E-state index is -0.102. The molecule has 2 amide bonds. The van der Waals surface area contributed by atoms with Crippen molar-refractivity contribution in [3.8, 4) is 5.69 Å². The zero-order chi connectivity index (χ0) is 18.6. The van der Waals surface area contributed by atoms with Crippen molar-refractivity contribution in [1.29, 1.82) is 0 Å². The fourth-order valence-corrected chi connectivity index (χ4v) is 3.40. The van der Waals surface area contributed by atoms with Gasteiger partial charge < -0.3 is 10.2 Å². The number of carbonyl (C=O) groups is 2. The first-order valence-electron chi connectivity index (χ1n) is 9.56. The van der Waals surface area contributed by atoms with Gasteiger partial charge >= 0.3 is 0 Å². The molecule has 6 nitrogen and oxygen atoms in total. The van der Waals surface area contributed by atoms with Gasteiger partial charge in [0.2, 0.25) is 11.8 Å². The number of nitrogens with one attached hydrogen (secondary N) is 1. The summed E-state index contributed by atoms with van der Waals surface area (Å²) in [7, 11) is 0. The molecular weight excluding hydrogens is 340 g/mol. The Bertz CT molecular complexity index is 831. The Morgan fingerprint density at radius 1 is 1.07 bits per heavy atom. The van der Waals surface area contributed by atoms with Crippen LogP contribution in [0.25, 0.3) is 11.8 Å². The number of aromatic nitrogens is 2. The van der Waals surface area contributed by atoms with Gasteiger partial charge in [0, 0.05) is 42.9 Å². The van der Waals surface area contributed by atoms with Crippen LogP contribution in [0.15, 0.2) is 48.8 Å². The number of piperidine rings is 1. The lowest BCUT2D eigenvalue weighted by molar-refractivity contribution is -0.133. The van der Waals surface area contributed by atoms with Gasteiger partial charge in [-0.15, -0.1) is 0 Å².